The molecule has 0 saturated heterocycles. The second-order valence-corrected chi connectivity index (χ2v) is 5.01. The Morgan fingerprint density at radius 1 is 1.35 bits per heavy atom. The molecule has 110 valence electrons. The van der Waals surface area contributed by atoms with Crippen molar-refractivity contribution >= 4 is 11.9 Å². The lowest BCUT2D eigenvalue weighted by atomic mass is 10.1. The minimum absolute atomic E-state index is 0.338. The lowest BCUT2D eigenvalue weighted by Crippen LogP contribution is -2.40. The molecule has 0 spiro atoms. The molecule has 20 heavy (non-hydrogen) atoms. The lowest BCUT2D eigenvalue weighted by Gasteiger charge is -2.13. The van der Waals surface area contributed by atoms with E-state index in [0.29, 0.717) is 30.3 Å². The first-order valence-corrected chi connectivity index (χ1v) is 6.70. The molecule has 0 saturated carbocycles. The van der Waals surface area contributed by atoms with E-state index in [1.807, 2.05) is 13.8 Å². The van der Waals surface area contributed by atoms with Gasteiger partial charge in [-0.2, -0.15) is 0 Å². The van der Waals surface area contributed by atoms with Crippen molar-refractivity contribution in [1.29, 1.82) is 0 Å². The zero-order chi connectivity index (χ0) is 15.1. The number of hydrogen-bond donors (Lipinski definition) is 2. The van der Waals surface area contributed by atoms with Crippen molar-refractivity contribution in [2.45, 2.75) is 33.2 Å². The van der Waals surface area contributed by atoms with Crippen LogP contribution in [0.3, 0.4) is 0 Å². The summed E-state index contributed by atoms with van der Waals surface area (Å²) in [6.45, 7) is 6.35. The normalized spacial score (nSPS) is 12.0. The van der Waals surface area contributed by atoms with Gasteiger partial charge in [0.25, 0.3) is 5.91 Å². The van der Waals surface area contributed by atoms with Crippen molar-refractivity contribution < 1.29 is 19.4 Å². The molecule has 0 aliphatic rings. The van der Waals surface area contributed by atoms with Gasteiger partial charge in [0, 0.05) is 5.56 Å². The van der Waals surface area contributed by atoms with Crippen LogP contribution in [-0.4, -0.2) is 29.6 Å². The smallest absolute Gasteiger partial charge is 0.326 e. The Hall–Kier alpha value is -2.04. The van der Waals surface area contributed by atoms with E-state index in [-0.39, 0.29) is 0 Å². The molecule has 1 amide bonds. The molecule has 0 aromatic heterocycles. The van der Waals surface area contributed by atoms with Gasteiger partial charge in [0.1, 0.15) is 11.8 Å². The Kier molecular flexibility index (Phi) is 6.03. The number of nitrogens with one attached hydrogen (secondary N) is 1. The highest BCUT2D eigenvalue weighted by Gasteiger charge is 2.18. The Morgan fingerprint density at radius 2 is 2.05 bits per heavy atom. The molecule has 0 unspecified atom stereocenters. The first-order valence-electron chi connectivity index (χ1n) is 6.70. The van der Waals surface area contributed by atoms with Crippen LogP contribution in [0.5, 0.6) is 5.75 Å². The van der Waals surface area contributed by atoms with E-state index in [1.54, 1.807) is 31.2 Å². The number of carbonyl (C=O) groups is 2. The van der Waals surface area contributed by atoms with Crippen LogP contribution < -0.4 is 10.1 Å². The van der Waals surface area contributed by atoms with Gasteiger partial charge in [-0.1, -0.05) is 26.8 Å². The van der Waals surface area contributed by atoms with E-state index >= 15 is 0 Å². The third-order valence-electron chi connectivity index (χ3n) is 2.69. The Bertz CT molecular complexity index is 471. The van der Waals surface area contributed by atoms with Gasteiger partial charge in [-0.05, 0) is 30.5 Å². The van der Waals surface area contributed by atoms with E-state index in [4.69, 9.17) is 9.84 Å². The summed E-state index contributed by atoms with van der Waals surface area (Å²) in [4.78, 5) is 22.9. The number of carboxylic acid groups (broad SMARTS) is 1. The number of hydrogen-bond acceptors (Lipinski definition) is 3. The van der Waals surface area contributed by atoms with Crippen LogP contribution in [0.15, 0.2) is 24.3 Å². The van der Waals surface area contributed by atoms with Gasteiger partial charge in [0.2, 0.25) is 0 Å². The van der Waals surface area contributed by atoms with Gasteiger partial charge in [-0.15, -0.1) is 0 Å². The van der Waals surface area contributed by atoms with Crippen LogP contribution in [0.2, 0.25) is 0 Å². The SMILES string of the molecule is CC[C@H](NC(=O)c1cccc(OCC(C)C)c1)C(=O)O. The molecular weight excluding hydrogens is 258 g/mol. The van der Waals surface area contributed by atoms with E-state index in [9.17, 15) is 9.59 Å². The lowest BCUT2D eigenvalue weighted by molar-refractivity contribution is -0.139. The van der Waals surface area contributed by atoms with Gasteiger partial charge >= 0.3 is 5.97 Å². The molecule has 0 aliphatic heterocycles. The van der Waals surface area contributed by atoms with Crippen LogP contribution in [-0.2, 0) is 4.79 Å². The Balaban J connectivity index is 2.73. The molecule has 0 fully saturated rings. The molecule has 1 aromatic carbocycles. The molecule has 0 radical (unpaired) electrons. The molecule has 5 heteroatoms. The monoisotopic (exact) mass is 279 g/mol. The summed E-state index contributed by atoms with van der Waals surface area (Å²) in [7, 11) is 0. The van der Waals surface area contributed by atoms with Crippen LogP contribution in [0.1, 0.15) is 37.6 Å². The first-order chi connectivity index (χ1) is 9.43. The summed E-state index contributed by atoms with van der Waals surface area (Å²) < 4.78 is 5.54. The number of amides is 1. The van der Waals surface area contributed by atoms with Crippen molar-refractivity contribution in [2.24, 2.45) is 5.92 Å². The fourth-order valence-corrected chi connectivity index (χ4v) is 1.57. The van der Waals surface area contributed by atoms with Gasteiger partial charge in [-0.3, -0.25) is 4.79 Å². The number of carboxylic acids is 1. The molecule has 2 N–H and O–H groups in total. The fourth-order valence-electron chi connectivity index (χ4n) is 1.57. The van der Waals surface area contributed by atoms with Crippen molar-refractivity contribution in [1.82, 2.24) is 5.32 Å². The summed E-state index contributed by atoms with van der Waals surface area (Å²) in [5.41, 5.74) is 0.394. The minimum atomic E-state index is -1.03. The molecule has 0 aliphatic carbocycles. The Labute approximate surface area is 118 Å². The highest BCUT2D eigenvalue weighted by atomic mass is 16.5. The minimum Gasteiger partial charge on any atom is -0.493 e. The number of carbonyl (C=O) groups excluding carboxylic acids is 1. The largest absolute Gasteiger partial charge is 0.493 e. The van der Waals surface area contributed by atoms with E-state index < -0.39 is 17.9 Å². The van der Waals surface area contributed by atoms with Crippen molar-refractivity contribution in [3.05, 3.63) is 29.8 Å². The van der Waals surface area contributed by atoms with Crippen LogP contribution in [0.25, 0.3) is 0 Å². The topological polar surface area (TPSA) is 75.6 Å². The predicted octanol–water partition coefficient (Wildman–Crippen LogP) is 2.31. The number of rotatable bonds is 7. The maximum absolute atomic E-state index is 12.0. The number of benzene rings is 1. The molecule has 0 bridgehead atoms. The van der Waals surface area contributed by atoms with Gasteiger partial charge in [-0.25, -0.2) is 4.79 Å². The van der Waals surface area contributed by atoms with E-state index in [1.165, 1.54) is 0 Å². The maximum atomic E-state index is 12.0. The van der Waals surface area contributed by atoms with Crippen molar-refractivity contribution in [3.63, 3.8) is 0 Å². The molecule has 0 heterocycles. The van der Waals surface area contributed by atoms with Crippen LogP contribution >= 0.6 is 0 Å². The second-order valence-electron chi connectivity index (χ2n) is 5.01. The first kappa shape index (κ1) is 16.0. The second kappa shape index (κ2) is 7.53. The van der Waals surface area contributed by atoms with Gasteiger partial charge < -0.3 is 15.2 Å². The molecule has 5 nitrogen and oxygen atoms in total. The van der Waals surface area contributed by atoms with Crippen LogP contribution in [0.4, 0.5) is 0 Å². The quantitative estimate of drug-likeness (QED) is 0.803. The molecular formula is C15H21NO4. The molecule has 1 aromatic rings. The summed E-state index contributed by atoms with van der Waals surface area (Å²) in [5, 5.41) is 11.4. The van der Waals surface area contributed by atoms with Crippen molar-refractivity contribution in [2.75, 3.05) is 6.61 Å². The summed E-state index contributed by atoms with van der Waals surface area (Å²) >= 11 is 0. The molecule has 1 rings (SSSR count). The predicted molar refractivity (Wildman–Crippen MR) is 76.0 cm³/mol. The van der Waals surface area contributed by atoms with Gasteiger partial charge in [0.05, 0.1) is 6.61 Å². The number of ether oxygens (including phenoxy) is 1. The van der Waals surface area contributed by atoms with Crippen molar-refractivity contribution in [3.8, 4) is 5.75 Å². The van der Waals surface area contributed by atoms with Gasteiger partial charge in [0.15, 0.2) is 0 Å². The highest BCUT2D eigenvalue weighted by Crippen LogP contribution is 2.14. The Morgan fingerprint density at radius 3 is 2.60 bits per heavy atom. The summed E-state index contributed by atoms with van der Waals surface area (Å²) in [6, 6.07) is 5.86. The fraction of sp³-hybridized carbons (Fsp3) is 0.467. The average molecular weight is 279 g/mol. The standard InChI is InChI=1S/C15H21NO4/c1-4-13(15(18)19)16-14(17)11-6-5-7-12(8-11)20-9-10(2)3/h5-8,10,13H,4,9H2,1-3H3,(H,16,17)(H,18,19)/t13-/m0/s1. The third-order valence-corrected chi connectivity index (χ3v) is 2.69. The summed E-state index contributed by atoms with van der Waals surface area (Å²) in [5.74, 6) is -0.444. The van der Waals surface area contributed by atoms with Crippen LogP contribution in [0, 0.1) is 5.92 Å². The highest BCUT2D eigenvalue weighted by molar-refractivity contribution is 5.96. The van der Waals surface area contributed by atoms with E-state index in [0.717, 1.165) is 0 Å². The third kappa shape index (κ3) is 4.91. The molecule has 1 atom stereocenters. The number of aliphatic carboxylic acids is 1. The summed E-state index contributed by atoms with van der Waals surface area (Å²) in [6.07, 6.45) is 0.338. The maximum Gasteiger partial charge on any atom is 0.326 e. The van der Waals surface area contributed by atoms with E-state index in [2.05, 4.69) is 5.32 Å². The average Bonchev–Trinajstić information content (AvgIpc) is 2.42. The zero-order valence-electron chi connectivity index (χ0n) is 12.1. The zero-order valence-corrected chi connectivity index (χ0v) is 12.1.